The minimum Gasteiger partial charge on any atom is -0.489 e. The van der Waals surface area contributed by atoms with Crippen molar-refractivity contribution >= 4 is 17.0 Å². The van der Waals surface area contributed by atoms with Crippen molar-refractivity contribution in [1.29, 1.82) is 0 Å². The molecular weight excluding hydrogens is 460 g/mol. The molecule has 1 amide bonds. The average molecular weight is 483 g/mol. The van der Waals surface area contributed by atoms with Crippen LogP contribution in [0.4, 0.5) is 8.78 Å². The third-order valence-electron chi connectivity index (χ3n) is 4.83. The van der Waals surface area contributed by atoms with Crippen LogP contribution in [0.1, 0.15) is 19.4 Å². The number of nitrogens with zero attached hydrogens (tertiary/aromatic N) is 2. The Hall–Kier alpha value is -4.21. The quantitative estimate of drug-likeness (QED) is 0.340. The third-order valence-corrected chi connectivity index (χ3v) is 4.83. The maximum atomic E-state index is 13.1. The summed E-state index contributed by atoms with van der Waals surface area (Å²) in [5, 5.41) is 2.71. The first-order valence-electron chi connectivity index (χ1n) is 10.8. The number of halogens is 2. The maximum Gasteiger partial charge on any atom is 0.387 e. The standard InChI is InChI=1S/C25H23F2N3O5/c1-15(29-16(2)31)13-33-23-11-22-20(12-28-23)30-24(34-22)19-9-8-18(10-21(19)35-25(26)27)32-14-17-6-4-3-5-7-17/h3-12,15,25H,13-14H2,1-2H3,(H,29,31)/t15-/m0/s1. The van der Waals surface area contributed by atoms with Gasteiger partial charge in [0.15, 0.2) is 5.58 Å². The number of rotatable bonds is 10. The molecule has 0 unspecified atom stereocenters. The number of carbonyl (C=O) groups excluding carboxylic acids is 1. The molecule has 182 valence electrons. The van der Waals surface area contributed by atoms with Crippen molar-refractivity contribution in [2.24, 2.45) is 0 Å². The summed E-state index contributed by atoms with van der Waals surface area (Å²) in [4.78, 5) is 19.6. The summed E-state index contributed by atoms with van der Waals surface area (Å²) in [5.41, 5.74) is 1.93. The number of benzene rings is 2. The number of pyridine rings is 1. The Morgan fingerprint density at radius 1 is 1.11 bits per heavy atom. The smallest absolute Gasteiger partial charge is 0.387 e. The van der Waals surface area contributed by atoms with Crippen LogP contribution in [0.15, 0.2) is 65.2 Å². The van der Waals surface area contributed by atoms with Gasteiger partial charge in [0, 0.05) is 19.1 Å². The molecule has 4 rings (SSSR count). The van der Waals surface area contributed by atoms with Gasteiger partial charge in [0.25, 0.3) is 0 Å². The molecule has 1 N–H and O–H groups in total. The van der Waals surface area contributed by atoms with E-state index in [-0.39, 0.29) is 48.2 Å². The molecule has 0 radical (unpaired) electrons. The van der Waals surface area contributed by atoms with E-state index in [2.05, 4.69) is 15.3 Å². The van der Waals surface area contributed by atoms with E-state index in [4.69, 9.17) is 18.6 Å². The van der Waals surface area contributed by atoms with Crippen LogP contribution in [-0.4, -0.2) is 35.1 Å². The summed E-state index contributed by atoms with van der Waals surface area (Å²) in [5.74, 6) is 0.408. The first-order valence-corrected chi connectivity index (χ1v) is 10.8. The van der Waals surface area contributed by atoms with E-state index in [0.717, 1.165) is 5.56 Å². The van der Waals surface area contributed by atoms with Crippen LogP contribution >= 0.6 is 0 Å². The number of amides is 1. The zero-order valence-corrected chi connectivity index (χ0v) is 19.0. The van der Waals surface area contributed by atoms with E-state index in [1.165, 1.54) is 25.3 Å². The summed E-state index contributed by atoms with van der Waals surface area (Å²) in [6.07, 6.45) is 1.45. The SMILES string of the molecule is CC(=O)N[C@@H](C)COc1cc2oc(-c3ccc(OCc4ccccc4)cc3OC(F)F)nc2cn1. The summed E-state index contributed by atoms with van der Waals surface area (Å²) in [6.45, 7) is 0.645. The van der Waals surface area contributed by atoms with E-state index in [1.807, 2.05) is 30.3 Å². The number of fused-ring (bicyclic) bond motifs is 1. The van der Waals surface area contributed by atoms with Crippen molar-refractivity contribution in [3.05, 3.63) is 66.4 Å². The fraction of sp³-hybridized carbons (Fsp3) is 0.240. The van der Waals surface area contributed by atoms with Gasteiger partial charge in [-0.3, -0.25) is 4.79 Å². The molecule has 8 nitrogen and oxygen atoms in total. The van der Waals surface area contributed by atoms with Crippen molar-refractivity contribution < 1.29 is 32.2 Å². The lowest BCUT2D eigenvalue weighted by atomic mass is 10.2. The largest absolute Gasteiger partial charge is 0.489 e. The molecule has 0 spiro atoms. The van der Waals surface area contributed by atoms with E-state index in [0.29, 0.717) is 16.8 Å². The lowest BCUT2D eigenvalue weighted by molar-refractivity contribution is -0.119. The molecule has 2 heterocycles. The Bertz CT molecular complexity index is 1300. The van der Waals surface area contributed by atoms with Crippen LogP contribution < -0.4 is 19.5 Å². The molecule has 4 aromatic rings. The second-order valence-electron chi connectivity index (χ2n) is 7.73. The number of alkyl halides is 2. The van der Waals surface area contributed by atoms with Crippen molar-refractivity contribution in [1.82, 2.24) is 15.3 Å². The third kappa shape index (κ3) is 6.44. The maximum absolute atomic E-state index is 13.1. The van der Waals surface area contributed by atoms with Crippen molar-refractivity contribution in [2.75, 3.05) is 6.61 Å². The molecule has 0 bridgehead atoms. The van der Waals surface area contributed by atoms with Crippen LogP contribution in [0, 0.1) is 0 Å². The molecule has 2 aromatic carbocycles. The van der Waals surface area contributed by atoms with Gasteiger partial charge in [0.1, 0.15) is 30.2 Å². The lowest BCUT2D eigenvalue weighted by Gasteiger charge is -2.12. The molecular formula is C25H23F2N3O5. The van der Waals surface area contributed by atoms with E-state index in [1.54, 1.807) is 19.1 Å². The Morgan fingerprint density at radius 2 is 1.91 bits per heavy atom. The van der Waals surface area contributed by atoms with Gasteiger partial charge in [-0.2, -0.15) is 8.78 Å². The average Bonchev–Trinajstić information content (AvgIpc) is 3.24. The fourth-order valence-electron chi connectivity index (χ4n) is 3.31. The van der Waals surface area contributed by atoms with E-state index >= 15 is 0 Å². The van der Waals surface area contributed by atoms with Crippen LogP contribution in [0.5, 0.6) is 17.4 Å². The van der Waals surface area contributed by atoms with Crippen LogP contribution in [-0.2, 0) is 11.4 Å². The van der Waals surface area contributed by atoms with Gasteiger partial charge in [-0.15, -0.1) is 0 Å². The lowest BCUT2D eigenvalue weighted by Crippen LogP contribution is -2.35. The molecule has 0 saturated carbocycles. The minimum atomic E-state index is -3.05. The topological polar surface area (TPSA) is 95.7 Å². The Balaban J connectivity index is 1.54. The predicted molar refractivity (Wildman–Crippen MR) is 123 cm³/mol. The number of ether oxygens (including phenoxy) is 3. The van der Waals surface area contributed by atoms with Gasteiger partial charge in [0.2, 0.25) is 17.7 Å². The fourth-order valence-corrected chi connectivity index (χ4v) is 3.31. The van der Waals surface area contributed by atoms with Crippen molar-refractivity contribution in [3.63, 3.8) is 0 Å². The molecule has 2 aromatic heterocycles. The highest BCUT2D eigenvalue weighted by Crippen LogP contribution is 2.36. The number of oxazole rings is 1. The molecule has 10 heteroatoms. The van der Waals surface area contributed by atoms with Crippen LogP contribution in [0.2, 0.25) is 0 Å². The van der Waals surface area contributed by atoms with Gasteiger partial charge in [-0.05, 0) is 24.6 Å². The van der Waals surface area contributed by atoms with Gasteiger partial charge in [-0.1, -0.05) is 30.3 Å². The van der Waals surface area contributed by atoms with Gasteiger partial charge >= 0.3 is 6.61 Å². The molecule has 0 aliphatic heterocycles. The molecule has 0 saturated heterocycles. The van der Waals surface area contributed by atoms with E-state index < -0.39 is 6.61 Å². The Morgan fingerprint density at radius 3 is 2.66 bits per heavy atom. The number of carbonyl (C=O) groups is 1. The van der Waals surface area contributed by atoms with Crippen LogP contribution in [0.25, 0.3) is 22.6 Å². The zero-order chi connectivity index (χ0) is 24.8. The number of hydrogen-bond acceptors (Lipinski definition) is 7. The molecule has 1 atom stereocenters. The first-order chi connectivity index (χ1) is 16.9. The molecule has 35 heavy (non-hydrogen) atoms. The minimum absolute atomic E-state index is 0.0795. The zero-order valence-electron chi connectivity index (χ0n) is 19.0. The molecule has 0 fully saturated rings. The second kappa shape index (κ2) is 10.8. The van der Waals surface area contributed by atoms with Crippen LogP contribution in [0.3, 0.4) is 0 Å². The van der Waals surface area contributed by atoms with Gasteiger partial charge < -0.3 is 23.9 Å². The normalized spacial score (nSPS) is 11.9. The first kappa shape index (κ1) is 23.9. The summed E-state index contributed by atoms with van der Waals surface area (Å²) in [6, 6.07) is 15.3. The Kier molecular flexibility index (Phi) is 7.39. The highest BCUT2D eigenvalue weighted by atomic mass is 19.3. The van der Waals surface area contributed by atoms with Gasteiger partial charge in [-0.25, -0.2) is 9.97 Å². The second-order valence-corrected chi connectivity index (χ2v) is 7.73. The van der Waals surface area contributed by atoms with Gasteiger partial charge in [0.05, 0.1) is 17.8 Å². The molecule has 0 aliphatic carbocycles. The highest BCUT2D eigenvalue weighted by Gasteiger charge is 2.18. The predicted octanol–water partition coefficient (Wildman–Crippen LogP) is 4.97. The molecule has 0 aliphatic rings. The summed E-state index contributed by atoms with van der Waals surface area (Å²) >= 11 is 0. The summed E-state index contributed by atoms with van der Waals surface area (Å²) in [7, 11) is 0. The van der Waals surface area contributed by atoms with Crippen molar-refractivity contribution in [3.8, 4) is 28.8 Å². The number of hydrogen-bond donors (Lipinski definition) is 1. The summed E-state index contributed by atoms with van der Waals surface area (Å²) < 4.78 is 48.1. The number of nitrogens with one attached hydrogen (secondary N) is 1. The monoisotopic (exact) mass is 483 g/mol. The Labute approximate surface area is 199 Å². The van der Waals surface area contributed by atoms with Crippen molar-refractivity contribution in [2.45, 2.75) is 33.1 Å². The highest BCUT2D eigenvalue weighted by molar-refractivity contribution is 5.78. The number of aromatic nitrogens is 2. The van der Waals surface area contributed by atoms with E-state index in [9.17, 15) is 13.6 Å².